The molecule has 106 valence electrons. The number of aryl methyl sites for hydroxylation is 1. The first-order chi connectivity index (χ1) is 10.2. The summed E-state index contributed by atoms with van der Waals surface area (Å²) in [5.74, 6) is -0.000616. The second-order valence-corrected chi connectivity index (χ2v) is 5.15. The maximum atomic E-state index is 11.8. The first kappa shape index (κ1) is 15.1. The van der Waals surface area contributed by atoms with Gasteiger partial charge in [-0.25, -0.2) is 0 Å². The molecule has 0 aliphatic rings. The van der Waals surface area contributed by atoms with Crippen molar-refractivity contribution in [2.24, 2.45) is 0 Å². The Labute approximate surface area is 129 Å². The third kappa shape index (κ3) is 4.94. The molecule has 4 heteroatoms. The second kappa shape index (κ2) is 7.47. The molecule has 2 rings (SSSR count). The summed E-state index contributed by atoms with van der Waals surface area (Å²) < 4.78 is 0. The van der Waals surface area contributed by atoms with Gasteiger partial charge < -0.3 is 5.32 Å². The van der Waals surface area contributed by atoms with E-state index in [0.29, 0.717) is 30.0 Å². The zero-order chi connectivity index (χ0) is 15.1. The molecule has 0 unspecified atom stereocenters. The molecule has 0 fully saturated rings. The summed E-state index contributed by atoms with van der Waals surface area (Å²) in [6.45, 7) is 0.472. The lowest BCUT2D eigenvalue weighted by atomic mass is 10.1. The smallest absolute Gasteiger partial charge is 0.220 e. The number of nitriles is 1. The van der Waals surface area contributed by atoms with Gasteiger partial charge in [-0.2, -0.15) is 5.26 Å². The molecule has 21 heavy (non-hydrogen) atoms. The SMILES string of the molecule is N#Cc1ccc(CNC(=O)CCc2cccc(Cl)c2)cc1. The van der Waals surface area contributed by atoms with Gasteiger partial charge in [0.1, 0.15) is 0 Å². The number of hydrogen-bond acceptors (Lipinski definition) is 2. The molecule has 0 aliphatic heterocycles. The fourth-order valence-corrected chi connectivity index (χ4v) is 2.15. The van der Waals surface area contributed by atoms with Gasteiger partial charge in [0.25, 0.3) is 0 Å². The topological polar surface area (TPSA) is 52.9 Å². The van der Waals surface area contributed by atoms with Crippen LogP contribution in [0.4, 0.5) is 0 Å². The zero-order valence-corrected chi connectivity index (χ0v) is 12.2. The lowest BCUT2D eigenvalue weighted by Crippen LogP contribution is -2.22. The standard InChI is InChI=1S/C17H15ClN2O/c18-16-3-1-2-13(10-16)8-9-17(21)20-12-15-6-4-14(11-19)5-7-15/h1-7,10H,8-9,12H2,(H,20,21). The van der Waals surface area contributed by atoms with E-state index in [2.05, 4.69) is 11.4 Å². The summed E-state index contributed by atoms with van der Waals surface area (Å²) >= 11 is 5.90. The summed E-state index contributed by atoms with van der Waals surface area (Å²) in [5, 5.41) is 12.3. The molecular formula is C17H15ClN2O. The molecule has 1 N–H and O–H groups in total. The number of hydrogen-bond donors (Lipinski definition) is 1. The minimum atomic E-state index is -0.000616. The van der Waals surface area contributed by atoms with Gasteiger partial charge >= 0.3 is 0 Å². The van der Waals surface area contributed by atoms with Crippen molar-refractivity contribution in [2.45, 2.75) is 19.4 Å². The number of carbonyl (C=O) groups excluding carboxylic acids is 1. The van der Waals surface area contributed by atoms with Crippen LogP contribution in [0.2, 0.25) is 5.02 Å². The summed E-state index contributed by atoms with van der Waals surface area (Å²) in [6, 6.07) is 16.8. The van der Waals surface area contributed by atoms with Crippen LogP contribution in [-0.2, 0) is 17.8 Å². The minimum absolute atomic E-state index is 0.000616. The third-order valence-electron chi connectivity index (χ3n) is 3.10. The fourth-order valence-electron chi connectivity index (χ4n) is 1.94. The molecule has 3 nitrogen and oxygen atoms in total. The molecule has 1 amide bonds. The van der Waals surface area contributed by atoms with E-state index in [1.165, 1.54) is 0 Å². The Morgan fingerprint density at radius 2 is 1.90 bits per heavy atom. The zero-order valence-electron chi connectivity index (χ0n) is 11.5. The van der Waals surface area contributed by atoms with Crippen molar-refractivity contribution in [3.05, 3.63) is 70.2 Å². The van der Waals surface area contributed by atoms with E-state index in [0.717, 1.165) is 11.1 Å². The predicted octanol–water partition coefficient (Wildman–Crippen LogP) is 3.46. The van der Waals surface area contributed by atoms with E-state index in [1.807, 2.05) is 36.4 Å². The summed E-state index contributed by atoms with van der Waals surface area (Å²) in [7, 11) is 0. The average molecular weight is 299 g/mol. The highest BCUT2D eigenvalue weighted by Crippen LogP contribution is 2.12. The third-order valence-corrected chi connectivity index (χ3v) is 3.34. The van der Waals surface area contributed by atoms with E-state index in [1.54, 1.807) is 12.1 Å². The molecule has 0 spiro atoms. The van der Waals surface area contributed by atoms with Gasteiger partial charge in [-0.05, 0) is 41.8 Å². The van der Waals surface area contributed by atoms with Crippen molar-refractivity contribution in [1.82, 2.24) is 5.32 Å². The van der Waals surface area contributed by atoms with E-state index in [-0.39, 0.29) is 5.91 Å². The molecule has 0 bridgehead atoms. The Kier molecular flexibility index (Phi) is 5.36. The van der Waals surface area contributed by atoms with E-state index in [4.69, 9.17) is 16.9 Å². The molecular weight excluding hydrogens is 284 g/mol. The van der Waals surface area contributed by atoms with Crippen molar-refractivity contribution in [3.8, 4) is 6.07 Å². The van der Waals surface area contributed by atoms with Crippen LogP contribution in [0.25, 0.3) is 0 Å². The molecule has 0 saturated heterocycles. The lowest BCUT2D eigenvalue weighted by molar-refractivity contribution is -0.121. The van der Waals surface area contributed by atoms with E-state index >= 15 is 0 Å². The van der Waals surface area contributed by atoms with Gasteiger partial charge in [0.2, 0.25) is 5.91 Å². The maximum absolute atomic E-state index is 11.8. The first-order valence-corrected chi connectivity index (χ1v) is 7.05. The van der Waals surface area contributed by atoms with Crippen LogP contribution in [0.3, 0.4) is 0 Å². The molecule has 0 atom stereocenters. The van der Waals surface area contributed by atoms with Crippen molar-refractivity contribution in [1.29, 1.82) is 5.26 Å². The van der Waals surface area contributed by atoms with Gasteiger partial charge in [-0.3, -0.25) is 4.79 Å². The number of rotatable bonds is 5. The molecule has 0 aliphatic carbocycles. The molecule has 0 saturated carbocycles. The van der Waals surface area contributed by atoms with Gasteiger partial charge in [-0.1, -0.05) is 35.9 Å². The lowest BCUT2D eigenvalue weighted by Gasteiger charge is -2.06. The van der Waals surface area contributed by atoms with Gasteiger partial charge in [0.05, 0.1) is 11.6 Å². The van der Waals surface area contributed by atoms with Crippen LogP contribution in [0, 0.1) is 11.3 Å². The van der Waals surface area contributed by atoms with Crippen LogP contribution < -0.4 is 5.32 Å². The average Bonchev–Trinajstić information content (AvgIpc) is 2.51. The number of carbonyl (C=O) groups is 1. The Morgan fingerprint density at radius 1 is 1.14 bits per heavy atom. The van der Waals surface area contributed by atoms with Crippen molar-refractivity contribution < 1.29 is 4.79 Å². The minimum Gasteiger partial charge on any atom is -0.352 e. The van der Waals surface area contributed by atoms with Crippen molar-refractivity contribution in [2.75, 3.05) is 0 Å². The second-order valence-electron chi connectivity index (χ2n) is 4.72. The van der Waals surface area contributed by atoms with Gasteiger partial charge in [0.15, 0.2) is 0 Å². The first-order valence-electron chi connectivity index (χ1n) is 6.67. The molecule has 2 aromatic carbocycles. The summed E-state index contributed by atoms with van der Waals surface area (Å²) in [6.07, 6.45) is 1.09. The largest absolute Gasteiger partial charge is 0.352 e. The van der Waals surface area contributed by atoms with Gasteiger partial charge in [-0.15, -0.1) is 0 Å². The van der Waals surface area contributed by atoms with E-state index < -0.39 is 0 Å². The highest BCUT2D eigenvalue weighted by atomic mass is 35.5. The van der Waals surface area contributed by atoms with Crippen LogP contribution >= 0.6 is 11.6 Å². The Bertz CT molecular complexity index is 659. The molecule has 0 heterocycles. The highest BCUT2D eigenvalue weighted by molar-refractivity contribution is 6.30. The van der Waals surface area contributed by atoms with Crippen LogP contribution in [0.1, 0.15) is 23.1 Å². The number of nitrogens with one attached hydrogen (secondary N) is 1. The summed E-state index contributed by atoms with van der Waals surface area (Å²) in [5.41, 5.74) is 2.65. The van der Waals surface area contributed by atoms with Crippen molar-refractivity contribution in [3.63, 3.8) is 0 Å². The van der Waals surface area contributed by atoms with E-state index in [9.17, 15) is 4.79 Å². The highest BCUT2D eigenvalue weighted by Gasteiger charge is 2.03. The van der Waals surface area contributed by atoms with Crippen LogP contribution in [-0.4, -0.2) is 5.91 Å². The van der Waals surface area contributed by atoms with Gasteiger partial charge in [0, 0.05) is 18.0 Å². The van der Waals surface area contributed by atoms with Crippen molar-refractivity contribution >= 4 is 17.5 Å². The quantitative estimate of drug-likeness (QED) is 0.919. The Balaban J connectivity index is 1.78. The maximum Gasteiger partial charge on any atom is 0.220 e. The molecule has 0 radical (unpaired) electrons. The number of nitrogens with zero attached hydrogens (tertiary/aromatic N) is 1. The molecule has 0 aromatic heterocycles. The summed E-state index contributed by atoms with van der Waals surface area (Å²) in [4.78, 5) is 11.8. The normalized spacial score (nSPS) is 9.90. The van der Waals surface area contributed by atoms with Crippen LogP contribution in [0.5, 0.6) is 0 Å². The Morgan fingerprint density at radius 3 is 2.57 bits per heavy atom. The number of amides is 1. The fraction of sp³-hybridized carbons (Fsp3) is 0.176. The number of benzene rings is 2. The monoisotopic (exact) mass is 298 g/mol. The predicted molar refractivity (Wildman–Crippen MR) is 82.8 cm³/mol. The number of halogens is 1. The Hall–Kier alpha value is -2.31. The molecule has 2 aromatic rings. The van der Waals surface area contributed by atoms with Crippen LogP contribution in [0.15, 0.2) is 48.5 Å².